The van der Waals surface area contributed by atoms with Crippen molar-refractivity contribution in [3.05, 3.63) is 72.1 Å². The van der Waals surface area contributed by atoms with Crippen molar-refractivity contribution >= 4 is 44.7 Å². The normalized spacial score (nSPS) is 11.2. The number of thiazole rings is 1. The molecule has 6 nitrogen and oxygen atoms in total. The number of hydrogen-bond acceptors (Lipinski definition) is 5. The smallest absolute Gasteiger partial charge is 0.255 e. The van der Waals surface area contributed by atoms with E-state index >= 15 is 0 Å². The predicted octanol–water partition coefficient (Wildman–Crippen LogP) is 4.50. The number of amides is 1. The van der Waals surface area contributed by atoms with Gasteiger partial charge in [-0.15, -0.1) is 11.3 Å². The fraction of sp³-hybridized carbons (Fsp3) is 0.0476. The predicted molar refractivity (Wildman–Crippen MR) is 112 cm³/mol. The summed E-state index contributed by atoms with van der Waals surface area (Å²) in [6.07, 6.45) is 5.52. The highest BCUT2D eigenvalue weighted by atomic mass is 32.1. The molecule has 7 heteroatoms. The molecule has 0 aliphatic carbocycles. The Kier molecular flexibility index (Phi) is 3.87. The summed E-state index contributed by atoms with van der Waals surface area (Å²) >= 11 is 1.58. The lowest BCUT2D eigenvalue weighted by molar-refractivity contribution is 0.102. The second-order valence-electron chi connectivity index (χ2n) is 6.46. The summed E-state index contributed by atoms with van der Waals surface area (Å²) in [5.74, 6) is -0.190. The molecule has 5 rings (SSSR count). The van der Waals surface area contributed by atoms with Crippen LogP contribution in [0.2, 0.25) is 0 Å². The minimum absolute atomic E-state index is 0.190. The fourth-order valence-electron chi connectivity index (χ4n) is 3.32. The van der Waals surface area contributed by atoms with Crippen LogP contribution in [0, 0.1) is 0 Å². The first-order valence-electron chi connectivity index (χ1n) is 8.70. The Morgan fingerprint density at radius 1 is 1.18 bits per heavy atom. The van der Waals surface area contributed by atoms with Crippen molar-refractivity contribution in [1.29, 1.82) is 0 Å². The molecule has 0 aliphatic rings. The Morgan fingerprint density at radius 3 is 2.96 bits per heavy atom. The van der Waals surface area contributed by atoms with Crippen molar-refractivity contribution < 1.29 is 4.79 Å². The number of aryl methyl sites for hydroxylation is 1. The van der Waals surface area contributed by atoms with Crippen LogP contribution < -0.4 is 5.32 Å². The van der Waals surface area contributed by atoms with Gasteiger partial charge >= 0.3 is 0 Å². The zero-order valence-corrected chi connectivity index (χ0v) is 15.8. The third kappa shape index (κ3) is 2.82. The molecular formula is C21H15N5OS. The van der Waals surface area contributed by atoms with Gasteiger partial charge in [0.25, 0.3) is 5.91 Å². The van der Waals surface area contributed by atoms with Gasteiger partial charge in [-0.25, -0.2) is 0 Å². The zero-order chi connectivity index (χ0) is 19.1. The first-order chi connectivity index (χ1) is 13.7. The Morgan fingerprint density at radius 2 is 2.11 bits per heavy atom. The maximum atomic E-state index is 12.8. The molecule has 0 unspecified atom stereocenters. The number of nitrogens with zero attached hydrogens (tertiary/aromatic N) is 4. The van der Waals surface area contributed by atoms with Crippen LogP contribution in [0.15, 0.2) is 66.6 Å². The second kappa shape index (κ2) is 6.54. The Balaban J connectivity index is 1.54. The number of para-hydroxylation sites is 1. The largest absolute Gasteiger partial charge is 0.320 e. The van der Waals surface area contributed by atoms with Crippen molar-refractivity contribution in [3.8, 4) is 10.4 Å². The number of benzene rings is 2. The van der Waals surface area contributed by atoms with Gasteiger partial charge in [-0.3, -0.25) is 19.4 Å². The summed E-state index contributed by atoms with van der Waals surface area (Å²) in [6.45, 7) is 0. The zero-order valence-electron chi connectivity index (χ0n) is 15.0. The van der Waals surface area contributed by atoms with Gasteiger partial charge in [-0.2, -0.15) is 5.10 Å². The lowest BCUT2D eigenvalue weighted by Crippen LogP contribution is -2.12. The van der Waals surface area contributed by atoms with E-state index in [0.29, 0.717) is 11.3 Å². The average molecular weight is 385 g/mol. The monoisotopic (exact) mass is 385 g/mol. The summed E-state index contributed by atoms with van der Waals surface area (Å²) in [7, 11) is 1.86. The molecule has 0 saturated heterocycles. The SMILES string of the molecule is Cn1cc2ccc(C(=O)Nc3cccc4c(-c5cncs5)ccnc34)cc2n1. The van der Waals surface area contributed by atoms with Gasteiger partial charge in [0.1, 0.15) is 0 Å². The highest BCUT2D eigenvalue weighted by Crippen LogP contribution is 2.33. The molecule has 0 aliphatic heterocycles. The molecule has 1 amide bonds. The molecule has 2 aromatic carbocycles. The topological polar surface area (TPSA) is 72.7 Å². The molecule has 0 atom stereocenters. The van der Waals surface area contributed by atoms with Crippen LogP contribution in [0.25, 0.3) is 32.2 Å². The van der Waals surface area contributed by atoms with Gasteiger partial charge in [0, 0.05) is 47.5 Å². The first kappa shape index (κ1) is 16.6. The standard InChI is InChI=1S/C21H15N5OS/c1-26-11-14-6-5-13(9-18(14)25-26)21(27)24-17-4-2-3-16-15(7-8-23-20(16)17)19-10-22-12-28-19/h2-12H,1H3,(H,24,27). The third-order valence-corrected chi connectivity index (χ3v) is 5.41. The Bertz CT molecular complexity index is 1320. The quantitative estimate of drug-likeness (QED) is 0.496. The van der Waals surface area contributed by atoms with E-state index in [0.717, 1.165) is 32.2 Å². The molecule has 1 N–H and O–H groups in total. The van der Waals surface area contributed by atoms with Crippen LogP contribution >= 0.6 is 11.3 Å². The van der Waals surface area contributed by atoms with Gasteiger partial charge < -0.3 is 5.32 Å². The highest BCUT2D eigenvalue weighted by Gasteiger charge is 2.13. The van der Waals surface area contributed by atoms with Crippen LogP contribution in [-0.2, 0) is 7.05 Å². The number of anilines is 1. The van der Waals surface area contributed by atoms with E-state index in [1.165, 1.54) is 0 Å². The number of hydrogen-bond donors (Lipinski definition) is 1. The lowest BCUT2D eigenvalue weighted by atomic mass is 10.1. The van der Waals surface area contributed by atoms with E-state index in [-0.39, 0.29) is 5.91 Å². The minimum Gasteiger partial charge on any atom is -0.320 e. The molecule has 0 radical (unpaired) electrons. The average Bonchev–Trinajstić information content (AvgIpc) is 3.36. The molecule has 5 aromatic rings. The van der Waals surface area contributed by atoms with E-state index in [1.54, 1.807) is 39.9 Å². The van der Waals surface area contributed by atoms with E-state index in [1.807, 2.05) is 49.8 Å². The summed E-state index contributed by atoms with van der Waals surface area (Å²) in [4.78, 5) is 22.6. The van der Waals surface area contributed by atoms with Gasteiger partial charge in [-0.1, -0.05) is 18.2 Å². The van der Waals surface area contributed by atoms with Crippen molar-refractivity contribution in [2.45, 2.75) is 0 Å². The molecule has 3 heterocycles. The lowest BCUT2D eigenvalue weighted by Gasteiger charge is -2.10. The summed E-state index contributed by atoms with van der Waals surface area (Å²) in [5.41, 5.74) is 5.63. The van der Waals surface area contributed by atoms with Gasteiger partial charge in [-0.05, 0) is 24.3 Å². The van der Waals surface area contributed by atoms with E-state index < -0.39 is 0 Å². The summed E-state index contributed by atoms with van der Waals surface area (Å²) in [6, 6.07) is 13.3. The molecule has 0 fully saturated rings. The number of rotatable bonds is 3. The molecule has 0 bridgehead atoms. The molecule has 0 spiro atoms. The Hall–Kier alpha value is -3.58. The summed E-state index contributed by atoms with van der Waals surface area (Å²) < 4.78 is 1.74. The second-order valence-corrected chi connectivity index (χ2v) is 7.34. The number of pyridine rings is 1. The van der Waals surface area contributed by atoms with E-state index in [2.05, 4.69) is 20.4 Å². The molecular weight excluding hydrogens is 370 g/mol. The number of nitrogens with one attached hydrogen (secondary N) is 1. The van der Waals surface area contributed by atoms with Gasteiger partial charge in [0.05, 0.1) is 27.1 Å². The van der Waals surface area contributed by atoms with E-state index in [9.17, 15) is 4.79 Å². The maximum absolute atomic E-state index is 12.8. The number of fused-ring (bicyclic) bond motifs is 2. The molecule has 3 aromatic heterocycles. The maximum Gasteiger partial charge on any atom is 0.255 e. The van der Waals surface area contributed by atoms with Crippen LogP contribution in [0.3, 0.4) is 0 Å². The van der Waals surface area contributed by atoms with Crippen molar-refractivity contribution in [3.63, 3.8) is 0 Å². The molecule has 136 valence electrons. The van der Waals surface area contributed by atoms with Crippen LogP contribution in [-0.4, -0.2) is 25.7 Å². The highest BCUT2D eigenvalue weighted by molar-refractivity contribution is 7.13. The van der Waals surface area contributed by atoms with E-state index in [4.69, 9.17) is 0 Å². The van der Waals surface area contributed by atoms with Crippen LogP contribution in [0.4, 0.5) is 5.69 Å². The van der Waals surface area contributed by atoms with Crippen molar-refractivity contribution in [2.24, 2.45) is 7.05 Å². The van der Waals surface area contributed by atoms with Crippen molar-refractivity contribution in [1.82, 2.24) is 19.7 Å². The van der Waals surface area contributed by atoms with Gasteiger partial charge in [0.15, 0.2) is 0 Å². The Labute approximate surface area is 164 Å². The first-order valence-corrected chi connectivity index (χ1v) is 9.58. The molecule has 0 saturated carbocycles. The fourth-order valence-corrected chi connectivity index (χ4v) is 3.98. The number of aromatic nitrogens is 4. The third-order valence-electron chi connectivity index (χ3n) is 4.60. The molecule has 28 heavy (non-hydrogen) atoms. The van der Waals surface area contributed by atoms with Crippen molar-refractivity contribution in [2.75, 3.05) is 5.32 Å². The van der Waals surface area contributed by atoms with Crippen LogP contribution in [0.5, 0.6) is 0 Å². The number of carbonyl (C=O) groups excluding carboxylic acids is 1. The number of carbonyl (C=O) groups is 1. The summed E-state index contributed by atoms with van der Waals surface area (Å²) in [5, 5.41) is 9.35. The minimum atomic E-state index is -0.190. The van der Waals surface area contributed by atoms with Gasteiger partial charge in [0.2, 0.25) is 0 Å². The van der Waals surface area contributed by atoms with Crippen LogP contribution in [0.1, 0.15) is 10.4 Å².